The van der Waals surface area contributed by atoms with Gasteiger partial charge in [-0.3, -0.25) is 4.79 Å². The summed E-state index contributed by atoms with van der Waals surface area (Å²) in [4.78, 5) is 14.8. The first-order chi connectivity index (χ1) is 9.27. The summed E-state index contributed by atoms with van der Waals surface area (Å²) < 4.78 is 38.0. The van der Waals surface area contributed by atoms with Crippen LogP contribution in [0.5, 0.6) is 0 Å². The van der Waals surface area contributed by atoms with Gasteiger partial charge < -0.3 is 11.1 Å². The molecule has 0 aliphatic heterocycles. The fourth-order valence-corrected chi connectivity index (χ4v) is 2.07. The normalized spacial score (nSPS) is 16.8. The molecule has 1 aliphatic carbocycles. The molecule has 4 nitrogen and oxygen atoms in total. The van der Waals surface area contributed by atoms with Gasteiger partial charge in [0.05, 0.1) is 5.56 Å². The lowest BCUT2D eigenvalue weighted by Gasteiger charge is -2.17. The fraction of sp³-hybridized carbons (Fsp3) is 0.538. The maximum Gasteiger partial charge on any atom is 0.433 e. The SMILES string of the molecule is CC(CC1CC1)Nc1nc(C(F)(F)F)ccc1C(N)=O. The minimum atomic E-state index is -4.55. The van der Waals surface area contributed by atoms with Gasteiger partial charge in [-0.25, -0.2) is 4.98 Å². The predicted molar refractivity (Wildman–Crippen MR) is 68.2 cm³/mol. The van der Waals surface area contributed by atoms with Crippen LogP contribution in [0.2, 0.25) is 0 Å². The summed E-state index contributed by atoms with van der Waals surface area (Å²) in [5.41, 5.74) is 4.10. The van der Waals surface area contributed by atoms with E-state index in [-0.39, 0.29) is 17.4 Å². The van der Waals surface area contributed by atoms with Crippen LogP contribution in [0.3, 0.4) is 0 Å². The standard InChI is InChI=1S/C13H16F3N3O/c1-7(6-8-2-3-8)18-12-9(11(17)20)4-5-10(19-12)13(14,15)16/h4-5,7-8H,2-3,6H2,1H3,(H2,17,20)(H,18,19). The van der Waals surface area contributed by atoms with Crippen molar-refractivity contribution in [2.24, 2.45) is 11.7 Å². The molecule has 1 atom stereocenters. The smallest absolute Gasteiger partial charge is 0.367 e. The second-order valence-corrected chi connectivity index (χ2v) is 5.18. The van der Waals surface area contributed by atoms with Gasteiger partial charge in [-0.2, -0.15) is 13.2 Å². The van der Waals surface area contributed by atoms with Crippen LogP contribution in [0.1, 0.15) is 42.2 Å². The van der Waals surface area contributed by atoms with Crippen molar-refractivity contribution in [3.8, 4) is 0 Å². The number of pyridine rings is 1. The van der Waals surface area contributed by atoms with E-state index in [4.69, 9.17) is 5.73 Å². The zero-order valence-corrected chi connectivity index (χ0v) is 11.0. The van der Waals surface area contributed by atoms with E-state index in [0.29, 0.717) is 5.92 Å². The first kappa shape index (κ1) is 14.6. The number of nitrogens with one attached hydrogen (secondary N) is 1. The second-order valence-electron chi connectivity index (χ2n) is 5.18. The molecule has 1 heterocycles. The minimum Gasteiger partial charge on any atom is -0.367 e. The van der Waals surface area contributed by atoms with E-state index >= 15 is 0 Å². The number of nitrogens with zero attached hydrogens (tertiary/aromatic N) is 1. The van der Waals surface area contributed by atoms with Crippen LogP contribution in [0, 0.1) is 5.92 Å². The van der Waals surface area contributed by atoms with Gasteiger partial charge >= 0.3 is 6.18 Å². The van der Waals surface area contributed by atoms with Gasteiger partial charge in [0, 0.05) is 6.04 Å². The first-order valence-corrected chi connectivity index (χ1v) is 6.42. The number of rotatable bonds is 5. The number of anilines is 1. The van der Waals surface area contributed by atoms with Gasteiger partial charge in [-0.15, -0.1) is 0 Å². The monoisotopic (exact) mass is 287 g/mol. The Morgan fingerprint density at radius 2 is 2.15 bits per heavy atom. The molecule has 1 aliphatic rings. The van der Waals surface area contributed by atoms with Crippen molar-refractivity contribution < 1.29 is 18.0 Å². The van der Waals surface area contributed by atoms with Gasteiger partial charge in [0.25, 0.3) is 5.91 Å². The molecule has 0 radical (unpaired) electrons. The highest BCUT2D eigenvalue weighted by atomic mass is 19.4. The number of primary amides is 1. The van der Waals surface area contributed by atoms with Gasteiger partial charge in [-0.1, -0.05) is 12.8 Å². The van der Waals surface area contributed by atoms with Gasteiger partial charge in [0.15, 0.2) is 0 Å². The molecule has 7 heteroatoms. The molecule has 1 aromatic heterocycles. The van der Waals surface area contributed by atoms with E-state index in [1.807, 2.05) is 6.92 Å². The molecule has 0 bridgehead atoms. The number of carbonyl (C=O) groups excluding carboxylic acids is 1. The number of hydrogen-bond donors (Lipinski definition) is 2. The van der Waals surface area contributed by atoms with Gasteiger partial charge in [-0.05, 0) is 31.4 Å². The van der Waals surface area contributed by atoms with Crippen LogP contribution in [0.25, 0.3) is 0 Å². The zero-order chi connectivity index (χ0) is 14.9. The molecule has 110 valence electrons. The largest absolute Gasteiger partial charge is 0.433 e. The maximum atomic E-state index is 12.7. The van der Waals surface area contributed by atoms with Crippen LogP contribution in [0.15, 0.2) is 12.1 Å². The van der Waals surface area contributed by atoms with Crippen LogP contribution in [-0.4, -0.2) is 16.9 Å². The van der Waals surface area contributed by atoms with Crippen molar-refractivity contribution in [1.82, 2.24) is 4.98 Å². The molecule has 0 spiro atoms. The van der Waals surface area contributed by atoms with Gasteiger partial charge in [0.1, 0.15) is 11.5 Å². The highest BCUT2D eigenvalue weighted by molar-refractivity contribution is 5.97. The molecule has 1 aromatic rings. The molecule has 1 saturated carbocycles. The zero-order valence-electron chi connectivity index (χ0n) is 11.0. The number of aromatic nitrogens is 1. The lowest BCUT2D eigenvalue weighted by molar-refractivity contribution is -0.141. The molecule has 2 rings (SSSR count). The Morgan fingerprint density at radius 3 is 2.65 bits per heavy atom. The highest BCUT2D eigenvalue weighted by Gasteiger charge is 2.33. The summed E-state index contributed by atoms with van der Waals surface area (Å²) in [5, 5.41) is 2.86. The second kappa shape index (κ2) is 5.30. The van der Waals surface area contributed by atoms with Crippen molar-refractivity contribution in [2.75, 3.05) is 5.32 Å². The average molecular weight is 287 g/mol. The minimum absolute atomic E-state index is 0.0272. The summed E-state index contributed by atoms with van der Waals surface area (Å²) in [6.45, 7) is 1.85. The molecule has 20 heavy (non-hydrogen) atoms. The molecule has 1 amide bonds. The Hall–Kier alpha value is -1.79. The molecule has 0 saturated heterocycles. The van der Waals surface area contributed by atoms with E-state index in [9.17, 15) is 18.0 Å². The van der Waals surface area contributed by atoms with Crippen molar-refractivity contribution in [3.05, 3.63) is 23.4 Å². The topological polar surface area (TPSA) is 68.0 Å². The fourth-order valence-electron chi connectivity index (χ4n) is 2.07. The third-order valence-electron chi connectivity index (χ3n) is 3.22. The number of halogens is 3. The molecular formula is C13H16F3N3O. The van der Waals surface area contributed by atoms with Crippen molar-refractivity contribution in [1.29, 1.82) is 0 Å². The van der Waals surface area contributed by atoms with Crippen molar-refractivity contribution >= 4 is 11.7 Å². The number of amides is 1. The third-order valence-corrected chi connectivity index (χ3v) is 3.22. The van der Waals surface area contributed by atoms with Gasteiger partial charge in [0.2, 0.25) is 0 Å². The molecule has 1 unspecified atom stereocenters. The first-order valence-electron chi connectivity index (χ1n) is 6.42. The van der Waals surface area contributed by atoms with Crippen LogP contribution >= 0.6 is 0 Å². The number of hydrogen-bond acceptors (Lipinski definition) is 3. The van der Waals surface area contributed by atoms with Crippen LogP contribution in [-0.2, 0) is 6.18 Å². The van der Waals surface area contributed by atoms with E-state index in [2.05, 4.69) is 10.3 Å². The van der Waals surface area contributed by atoms with E-state index in [1.54, 1.807) is 0 Å². The third kappa shape index (κ3) is 3.61. The average Bonchev–Trinajstić information content (AvgIpc) is 3.11. The molecule has 0 aromatic carbocycles. The Morgan fingerprint density at radius 1 is 1.50 bits per heavy atom. The molecule has 3 N–H and O–H groups in total. The maximum absolute atomic E-state index is 12.7. The summed E-state index contributed by atoms with van der Waals surface area (Å²) in [6, 6.07) is 1.76. The summed E-state index contributed by atoms with van der Waals surface area (Å²) >= 11 is 0. The lowest BCUT2D eigenvalue weighted by Crippen LogP contribution is -2.23. The summed E-state index contributed by atoms with van der Waals surface area (Å²) in [5.74, 6) is -0.284. The van der Waals surface area contributed by atoms with Crippen LogP contribution in [0.4, 0.5) is 19.0 Å². The van der Waals surface area contributed by atoms with Crippen molar-refractivity contribution in [3.63, 3.8) is 0 Å². The van der Waals surface area contributed by atoms with E-state index in [0.717, 1.165) is 31.4 Å². The predicted octanol–water partition coefficient (Wildman–Crippen LogP) is 2.80. The number of nitrogens with two attached hydrogens (primary N) is 1. The Balaban J connectivity index is 2.23. The number of alkyl halides is 3. The number of carbonyl (C=O) groups is 1. The Labute approximate surface area is 114 Å². The van der Waals surface area contributed by atoms with Crippen molar-refractivity contribution in [2.45, 2.75) is 38.4 Å². The van der Waals surface area contributed by atoms with E-state index < -0.39 is 17.8 Å². The molecular weight excluding hydrogens is 271 g/mol. The Kier molecular flexibility index (Phi) is 3.87. The molecule has 1 fully saturated rings. The highest BCUT2D eigenvalue weighted by Crippen LogP contribution is 2.34. The summed E-state index contributed by atoms with van der Waals surface area (Å²) in [6.07, 6.45) is -1.42. The van der Waals surface area contributed by atoms with Crippen LogP contribution < -0.4 is 11.1 Å². The summed E-state index contributed by atoms with van der Waals surface area (Å²) in [7, 11) is 0. The quantitative estimate of drug-likeness (QED) is 0.875. The Bertz CT molecular complexity index is 512. The van der Waals surface area contributed by atoms with E-state index in [1.165, 1.54) is 0 Å². The lowest BCUT2D eigenvalue weighted by atomic mass is 10.1.